The molecule has 6 heteroatoms. The van der Waals surface area contributed by atoms with Crippen molar-refractivity contribution in [3.63, 3.8) is 0 Å². The molecular weight excluding hydrogens is 1260 g/mol. The van der Waals surface area contributed by atoms with E-state index in [0.717, 1.165) is 102 Å². The van der Waals surface area contributed by atoms with E-state index in [1.807, 2.05) is 0 Å². The highest BCUT2D eigenvalue weighted by atomic mass is 15.2. The van der Waals surface area contributed by atoms with Crippen molar-refractivity contribution in [2.75, 3.05) is 14.7 Å². The van der Waals surface area contributed by atoms with Crippen molar-refractivity contribution >= 4 is 138 Å². The second kappa shape index (κ2) is 25.0. The average Bonchev–Trinajstić information content (AvgIpc) is 1.58. The maximum atomic E-state index is 2.43. The first-order valence-electron chi connectivity index (χ1n) is 35.6. The number of hydrogen-bond acceptors (Lipinski definition) is 3. The predicted molar refractivity (Wildman–Crippen MR) is 439 cm³/mol. The highest BCUT2D eigenvalue weighted by molar-refractivity contribution is 6.13. The maximum Gasteiger partial charge on any atom is 0.0546 e. The first-order valence-corrected chi connectivity index (χ1v) is 35.6. The Labute approximate surface area is 602 Å². The van der Waals surface area contributed by atoms with E-state index in [-0.39, 0.29) is 0 Å². The molecule has 0 aliphatic rings. The zero-order valence-corrected chi connectivity index (χ0v) is 56.8. The number of nitrogens with zero attached hydrogens (tertiary/aromatic N) is 6. The highest BCUT2D eigenvalue weighted by Crippen LogP contribution is 2.46. The monoisotopic (exact) mass is 1330 g/mol. The number of fused-ring (bicyclic) bond motifs is 11. The molecule has 0 amide bonds. The molecule has 488 valence electrons. The predicted octanol–water partition coefficient (Wildman–Crippen LogP) is 27.0. The molecule has 0 atom stereocenters. The van der Waals surface area contributed by atoms with Crippen molar-refractivity contribution in [3.05, 3.63) is 400 Å². The lowest BCUT2D eigenvalue weighted by molar-refractivity contribution is 1.16. The maximum absolute atomic E-state index is 2.43. The van der Waals surface area contributed by atoms with Gasteiger partial charge in [-0.25, -0.2) is 0 Å². The van der Waals surface area contributed by atoms with Gasteiger partial charge in [0.2, 0.25) is 0 Å². The number of para-hydroxylation sites is 7. The third kappa shape index (κ3) is 10.2. The minimum absolute atomic E-state index is 1.05. The van der Waals surface area contributed by atoms with Crippen molar-refractivity contribution in [1.82, 2.24) is 13.7 Å². The molecule has 0 spiro atoms. The molecule has 0 N–H and O–H groups in total. The number of rotatable bonds is 14. The fraction of sp³-hybridized carbons (Fsp3) is 0. The van der Waals surface area contributed by atoms with Crippen molar-refractivity contribution < 1.29 is 0 Å². The van der Waals surface area contributed by atoms with Crippen LogP contribution in [0.5, 0.6) is 0 Å². The normalized spacial score (nSPS) is 11.7. The van der Waals surface area contributed by atoms with E-state index in [4.69, 9.17) is 0 Å². The van der Waals surface area contributed by atoms with Gasteiger partial charge in [0.1, 0.15) is 0 Å². The quantitative estimate of drug-likeness (QED) is 0.108. The standard InChI is InChI=1S/C98H66N6/c1-3-25-73(26-4-1)100(91-41-21-24-69-22-7-9-29-83(69)91)78-47-42-67(43-48-78)68-44-49-79(50-45-68)101(74-27-5-2-6-28-74)98-66-72(64-71-23-8-10-30-84(71)98)70-46-63-97-90(65-70)89-35-15-20-40-96(89)104(97)82-61-55-77(56-62-82)99(75-51-57-80(58-52-75)102-92-36-16-11-31-85(92)86-32-12-17-37-93(86)102)76-53-59-81(60-54-76)103-94-38-18-13-33-87(94)88-34-14-19-39-95(88)103/h1-66H. The Morgan fingerprint density at radius 3 is 0.885 bits per heavy atom. The number of hydrogen-bond donors (Lipinski definition) is 0. The van der Waals surface area contributed by atoms with Crippen molar-refractivity contribution in [3.8, 4) is 39.3 Å². The van der Waals surface area contributed by atoms with Crippen LogP contribution in [-0.2, 0) is 0 Å². The van der Waals surface area contributed by atoms with E-state index in [9.17, 15) is 0 Å². The van der Waals surface area contributed by atoms with Gasteiger partial charge in [-0.3, -0.25) is 0 Å². The molecule has 104 heavy (non-hydrogen) atoms. The summed E-state index contributed by atoms with van der Waals surface area (Å²) >= 11 is 0. The Hall–Kier alpha value is -13.9. The molecule has 0 unspecified atom stereocenters. The Balaban J connectivity index is 0.651. The molecule has 0 saturated carbocycles. The summed E-state index contributed by atoms with van der Waals surface area (Å²) in [5.74, 6) is 0. The lowest BCUT2D eigenvalue weighted by Gasteiger charge is -2.28. The van der Waals surface area contributed by atoms with Crippen LogP contribution in [0.1, 0.15) is 0 Å². The van der Waals surface area contributed by atoms with E-state index < -0.39 is 0 Å². The van der Waals surface area contributed by atoms with Gasteiger partial charge in [-0.05, 0) is 215 Å². The zero-order chi connectivity index (χ0) is 68.6. The molecule has 3 heterocycles. The third-order valence-corrected chi connectivity index (χ3v) is 21.0. The van der Waals surface area contributed by atoms with Crippen LogP contribution in [0.4, 0.5) is 51.2 Å². The molecule has 0 bridgehead atoms. The summed E-state index contributed by atoms with van der Waals surface area (Å²) in [4.78, 5) is 7.16. The third-order valence-electron chi connectivity index (χ3n) is 21.0. The molecule has 0 radical (unpaired) electrons. The van der Waals surface area contributed by atoms with Crippen LogP contribution < -0.4 is 14.7 Å². The SMILES string of the molecule is c1ccc(N(c2ccc(-c3ccc(N(c4ccccc4)c4cc(-c5ccc6c(c5)c5ccccc5n6-c5ccc(N(c6ccc(-n7c8ccccc8c8ccccc87)cc6)c6ccc(-n7c8ccccc8c8ccccc87)cc6)cc5)cc5ccccc45)cc3)cc2)c2cccc3ccccc23)cc1. The summed E-state index contributed by atoms with van der Waals surface area (Å²) < 4.78 is 7.20. The number of aromatic nitrogens is 3. The van der Waals surface area contributed by atoms with Crippen LogP contribution >= 0.6 is 0 Å². The van der Waals surface area contributed by atoms with Gasteiger partial charge < -0.3 is 28.4 Å². The molecule has 20 rings (SSSR count). The Morgan fingerprint density at radius 1 is 0.154 bits per heavy atom. The van der Waals surface area contributed by atoms with Crippen LogP contribution in [0, 0.1) is 0 Å². The molecule has 0 saturated heterocycles. The van der Waals surface area contributed by atoms with Crippen molar-refractivity contribution in [2.45, 2.75) is 0 Å². The van der Waals surface area contributed by atoms with Crippen LogP contribution in [0.3, 0.4) is 0 Å². The van der Waals surface area contributed by atoms with Crippen LogP contribution in [0.2, 0.25) is 0 Å². The van der Waals surface area contributed by atoms with Crippen LogP contribution in [0.15, 0.2) is 400 Å². The molecule has 20 aromatic rings. The van der Waals surface area contributed by atoms with Gasteiger partial charge in [0.25, 0.3) is 0 Å². The smallest absolute Gasteiger partial charge is 0.0546 e. The summed E-state index contributed by atoms with van der Waals surface area (Å²) in [7, 11) is 0. The summed E-state index contributed by atoms with van der Waals surface area (Å²) in [6.45, 7) is 0. The first-order chi connectivity index (χ1) is 51.6. The summed E-state index contributed by atoms with van der Waals surface area (Å²) in [5, 5.41) is 12.1. The number of anilines is 9. The van der Waals surface area contributed by atoms with E-state index in [0.29, 0.717) is 0 Å². The lowest BCUT2D eigenvalue weighted by Crippen LogP contribution is -2.10. The average molecular weight is 1330 g/mol. The lowest BCUT2D eigenvalue weighted by atomic mass is 9.97. The number of benzene rings is 17. The van der Waals surface area contributed by atoms with Crippen LogP contribution in [-0.4, -0.2) is 13.7 Å². The van der Waals surface area contributed by atoms with Gasteiger partial charge in [0.15, 0.2) is 0 Å². The molecule has 0 aliphatic heterocycles. The zero-order valence-electron chi connectivity index (χ0n) is 56.8. The molecule has 6 nitrogen and oxygen atoms in total. The van der Waals surface area contributed by atoms with Gasteiger partial charge in [-0.1, -0.05) is 218 Å². The topological polar surface area (TPSA) is 24.5 Å². The van der Waals surface area contributed by atoms with Gasteiger partial charge in [-0.2, -0.15) is 0 Å². The van der Waals surface area contributed by atoms with E-state index in [1.54, 1.807) is 0 Å². The Morgan fingerprint density at radius 2 is 0.452 bits per heavy atom. The largest absolute Gasteiger partial charge is 0.310 e. The Bertz CT molecular complexity index is 6360. The van der Waals surface area contributed by atoms with Crippen LogP contribution in [0.25, 0.3) is 126 Å². The second-order valence-corrected chi connectivity index (χ2v) is 26.9. The van der Waals surface area contributed by atoms with Gasteiger partial charge >= 0.3 is 0 Å². The minimum atomic E-state index is 1.05. The van der Waals surface area contributed by atoms with Gasteiger partial charge in [0, 0.05) is 100.0 Å². The van der Waals surface area contributed by atoms with E-state index in [2.05, 4.69) is 429 Å². The summed E-state index contributed by atoms with van der Waals surface area (Å²) in [5.41, 5.74) is 24.7. The second-order valence-electron chi connectivity index (χ2n) is 26.9. The highest BCUT2D eigenvalue weighted by Gasteiger charge is 2.23. The Kier molecular flexibility index (Phi) is 14.5. The first kappa shape index (κ1) is 60.1. The van der Waals surface area contributed by atoms with E-state index in [1.165, 1.54) is 75.9 Å². The minimum Gasteiger partial charge on any atom is -0.310 e. The fourth-order valence-electron chi connectivity index (χ4n) is 16.2. The fourth-order valence-corrected chi connectivity index (χ4v) is 16.2. The van der Waals surface area contributed by atoms with Crippen molar-refractivity contribution in [2.24, 2.45) is 0 Å². The summed E-state index contributed by atoms with van der Waals surface area (Å²) in [6, 6.07) is 146. The molecule has 17 aromatic carbocycles. The molecular formula is C98H66N6. The van der Waals surface area contributed by atoms with Gasteiger partial charge in [0.05, 0.1) is 44.5 Å². The summed E-state index contributed by atoms with van der Waals surface area (Å²) in [6.07, 6.45) is 0. The van der Waals surface area contributed by atoms with Crippen molar-refractivity contribution in [1.29, 1.82) is 0 Å². The molecule has 3 aromatic heterocycles. The molecule has 0 aliphatic carbocycles. The van der Waals surface area contributed by atoms with Gasteiger partial charge in [-0.15, -0.1) is 0 Å². The molecule has 0 fully saturated rings. The van der Waals surface area contributed by atoms with E-state index >= 15 is 0 Å².